The first-order valence-corrected chi connectivity index (χ1v) is 7.60. The van der Waals surface area contributed by atoms with E-state index in [-0.39, 0.29) is 5.91 Å². The average molecular weight is 312 g/mol. The highest BCUT2D eigenvalue weighted by Gasteiger charge is 2.11. The molecular weight excluding hydrogens is 292 g/mol. The van der Waals surface area contributed by atoms with Crippen LogP contribution in [0, 0.1) is 0 Å². The third-order valence-corrected chi connectivity index (χ3v) is 3.18. The molecule has 5 nitrogen and oxygen atoms in total. The fraction of sp³-hybridized carbons (Fsp3) is 0.222. The number of rotatable bonds is 6. The molecule has 0 unspecified atom stereocenters. The van der Waals surface area contributed by atoms with E-state index in [1.807, 2.05) is 13.0 Å². The van der Waals surface area contributed by atoms with Gasteiger partial charge in [-0.2, -0.15) is 0 Å². The summed E-state index contributed by atoms with van der Waals surface area (Å²) in [5.74, 6) is -0.237. The van der Waals surface area contributed by atoms with Gasteiger partial charge in [0.1, 0.15) is 0 Å². The van der Waals surface area contributed by atoms with Gasteiger partial charge < -0.3 is 10.1 Å². The Hall–Kier alpha value is -2.82. The second-order valence-corrected chi connectivity index (χ2v) is 4.98. The molecule has 2 amide bonds. The van der Waals surface area contributed by atoms with E-state index < -0.39 is 6.09 Å². The quantitative estimate of drug-likeness (QED) is 0.782. The molecule has 120 valence electrons. The highest BCUT2D eigenvalue weighted by Crippen LogP contribution is 2.22. The Bertz CT molecular complexity index is 656. The molecule has 5 heteroatoms. The Morgan fingerprint density at radius 2 is 1.52 bits per heavy atom. The summed E-state index contributed by atoms with van der Waals surface area (Å²) < 4.78 is 5.07. The van der Waals surface area contributed by atoms with Crippen LogP contribution in [0.15, 0.2) is 54.6 Å². The van der Waals surface area contributed by atoms with Crippen LogP contribution in [0.1, 0.15) is 30.1 Å². The summed E-state index contributed by atoms with van der Waals surface area (Å²) in [6.45, 7) is 2.40. The minimum absolute atomic E-state index is 0.237. The monoisotopic (exact) mass is 312 g/mol. The smallest absolute Gasteiger partial charge is 0.411 e. The lowest BCUT2D eigenvalue weighted by atomic mass is 10.2. The highest BCUT2D eigenvalue weighted by atomic mass is 16.5. The lowest BCUT2D eigenvalue weighted by molar-refractivity contribution is 0.102. The average Bonchev–Trinajstić information content (AvgIpc) is 2.57. The second-order valence-electron chi connectivity index (χ2n) is 4.98. The molecular formula is C18H20N2O3. The lowest BCUT2D eigenvalue weighted by Gasteiger charge is -2.12. The first-order valence-electron chi connectivity index (χ1n) is 7.60. The van der Waals surface area contributed by atoms with Gasteiger partial charge in [-0.25, -0.2) is 4.79 Å². The van der Waals surface area contributed by atoms with Crippen LogP contribution < -0.4 is 10.6 Å². The molecule has 23 heavy (non-hydrogen) atoms. The van der Waals surface area contributed by atoms with E-state index in [0.717, 1.165) is 12.8 Å². The van der Waals surface area contributed by atoms with Crippen LogP contribution in [0.3, 0.4) is 0 Å². The van der Waals surface area contributed by atoms with Crippen LogP contribution in [-0.2, 0) is 4.74 Å². The Labute approximate surface area is 135 Å². The number of nitrogens with one attached hydrogen (secondary N) is 2. The molecule has 0 aromatic heterocycles. The lowest BCUT2D eigenvalue weighted by Crippen LogP contribution is -2.17. The van der Waals surface area contributed by atoms with Crippen molar-refractivity contribution in [1.29, 1.82) is 0 Å². The summed E-state index contributed by atoms with van der Waals surface area (Å²) in [6, 6.07) is 15.9. The molecule has 2 aromatic carbocycles. The Kier molecular flexibility index (Phi) is 6.17. The first kappa shape index (κ1) is 16.5. The van der Waals surface area contributed by atoms with Crippen molar-refractivity contribution in [2.75, 3.05) is 17.2 Å². The molecule has 2 aromatic rings. The van der Waals surface area contributed by atoms with Crippen molar-refractivity contribution in [3.05, 3.63) is 60.2 Å². The van der Waals surface area contributed by atoms with Gasteiger partial charge in [-0.15, -0.1) is 0 Å². The van der Waals surface area contributed by atoms with E-state index in [9.17, 15) is 9.59 Å². The number of carbonyl (C=O) groups is 2. The van der Waals surface area contributed by atoms with Crippen molar-refractivity contribution in [3.63, 3.8) is 0 Å². The van der Waals surface area contributed by atoms with Gasteiger partial charge >= 0.3 is 6.09 Å². The number of ether oxygens (including phenoxy) is 1. The first-order chi connectivity index (χ1) is 11.2. The maximum absolute atomic E-state index is 12.2. The summed E-state index contributed by atoms with van der Waals surface area (Å²) >= 11 is 0. The molecule has 0 bridgehead atoms. The fourth-order valence-electron chi connectivity index (χ4n) is 1.94. The minimum Gasteiger partial charge on any atom is -0.449 e. The van der Waals surface area contributed by atoms with Crippen LogP contribution >= 0.6 is 0 Å². The molecule has 0 heterocycles. The zero-order valence-corrected chi connectivity index (χ0v) is 13.0. The third kappa shape index (κ3) is 5.14. The number of benzene rings is 2. The Morgan fingerprint density at radius 1 is 0.913 bits per heavy atom. The molecule has 0 aliphatic carbocycles. The molecule has 0 saturated heterocycles. The third-order valence-electron chi connectivity index (χ3n) is 3.18. The van der Waals surface area contributed by atoms with Crippen LogP contribution in [0.25, 0.3) is 0 Å². The summed E-state index contributed by atoms with van der Waals surface area (Å²) in [4.78, 5) is 24.0. The molecule has 2 N–H and O–H groups in total. The van der Waals surface area contributed by atoms with Crippen molar-refractivity contribution < 1.29 is 14.3 Å². The molecule has 0 saturated carbocycles. The number of carbonyl (C=O) groups excluding carboxylic acids is 2. The largest absolute Gasteiger partial charge is 0.449 e. The molecule has 0 spiro atoms. The summed E-state index contributed by atoms with van der Waals surface area (Å²) in [5, 5.41) is 5.44. The van der Waals surface area contributed by atoms with Crippen molar-refractivity contribution in [2.24, 2.45) is 0 Å². The number of para-hydroxylation sites is 2. The van der Waals surface area contributed by atoms with Crippen molar-refractivity contribution >= 4 is 23.4 Å². The van der Waals surface area contributed by atoms with E-state index in [1.165, 1.54) is 0 Å². The van der Waals surface area contributed by atoms with Crippen molar-refractivity contribution in [3.8, 4) is 0 Å². The zero-order valence-electron chi connectivity index (χ0n) is 13.0. The SMILES string of the molecule is CCCCOC(=O)Nc1ccccc1NC(=O)c1ccccc1. The predicted molar refractivity (Wildman–Crippen MR) is 90.7 cm³/mol. The predicted octanol–water partition coefficient (Wildman–Crippen LogP) is 4.29. The topological polar surface area (TPSA) is 67.4 Å². The molecule has 2 rings (SSSR count). The van der Waals surface area contributed by atoms with E-state index in [0.29, 0.717) is 23.5 Å². The summed E-state index contributed by atoms with van der Waals surface area (Å²) in [5.41, 5.74) is 1.57. The number of hydrogen-bond acceptors (Lipinski definition) is 3. The van der Waals surface area contributed by atoms with Crippen LogP contribution in [-0.4, -0.2) is 18.6 Å². The molecule has 0 aliphatic rings. The summed E-state index contributed by atoms with van der Waals surface area (Å²) in [6.07, 6.45) is 1.25. The van der Waals surface area contributed by atoms with Gasteiger partial charge in [-0.1, -0.05) is 43.7 Å². The van der Waals surface area contributed by atoms with E-state index in [4.69, 9.17) is 4.74 Å². The molecule has 0 radical (unpaired) electrons. The molecule has 0 fully saturated rings. The van der Waals surface area contributed by atoms with Crippen LogP contribution in [0.4, 0.5) is 16.2 Å². The van der Waals surface area contributed by atoms with Crippen LogP contribution in [0.5, 0.6) is 0 Å². The number of amides is 2. The highest BCUT2D eigenvalue weighted by molar-refractivity contribution is 6.06. The second kappa shape index (κ2) is 8.58. The Balaban J connectivity index is 2.03. The van der Waals surface area contributed by atoms with Crippen LogP contribution in [0.2, 0.25) is 0 Å². The van der Waals surface area contributed by atoms with E-state index >= 15 is 0 Å². The van der Waals surface area contributed by atoms with Gasteiger partial charge in [0.25, 0.3) is 5.91 Å². The maximum Gasteiger partial charge on any atom is 0.411 e. The Morgan fingerprint density at radius 3 is 2.17 bits per heavy atom. The van der Waals surface area contributed by atoms with Gasteiger partial charge in [0.15, 0.2) is 0 Å². The van der Waals surface area contributed by atoms with E-state index in [2.05, 4.69) is 10.6 Å². The summed E-state index contributed by atoms with van der Waals surface area (Å²) in [7, 11) is 0. The maximum atomic E-state index is 12.2. The fourth-order valence-corrected chi connectivity index (χ4v) is 1.94. The van der Waals surface area contributed by atoms with Crippen molar-refractivity contribution in [1.82, 2.24) is 0 Å². The van der Waals surface area contributed by atoms with Gasteiger partial charge in [0.05, 0.1) is 18.0 Å². The zero-order chi connectivity index (χ0) is 16.5. The van der Waals surface area contributed by atoms with Gasteiger partial charge in [-0.3, -0.25) is 10.1 Å². The minimum atomic E-state index is -0.528. The molecule has 0 atom stereocenters. The molecule has 0 aliphatic heterocycles. The standard InChI is InChI=1S/C18H20N2O3/c1-2-3-13-23-18(22)20-16-12-8-7-11-15(16)19-17(21)14-9-5-4-6-10-14/h4-12H,2-3,13H2,1H3,(H,19,21)(H,20,22). The van der Waals surface area contributed by atoms with Gasteiger partial charge in [-0.05, 0) is 30.7 Å². The number of unbranched alkanes of at least 4 members (excludes halogenated alkanes) is 1. The van der Waals surface area contributed by atoms with Gasteiger partial charge in [0.2, 0.25) is 0 Å². The van der Waals surface area contributed by atoms with Crippen molar-refractivity contribution in [2.45, 2.75) is 19.8 Å². The number of hydrogen-bond donors (Lipinski definition) is 2. The van der Waals surface area contributed by atoms with Gasteiger partial charge in [0, 0.05) is 5.56 Å². The number of anilines is 2. The van der Waals surface area contributed by atoms with E-state index in [1.54, 1.807) is 48.5 Å². The normalized spacial score (nSPS) is 9.96.